The molecule has 1 aromatic carbocycles. The lowest BCUT2D eigenvalue weighted by molar-refractivity contribution is 1.01. The van der Waals surface area contributed by atoms with Crippen molar-refractivity contribution in [3.63, 3.8) is 0 Å². The van der Waals surface area contributed by atoms with Crippen molar-refractivity contribution in [2.24, 2.45) is 0 Å². The van der Waals surface area contributed by atoms with E-state index in [4.69, 9.17) is 29.6 Å². The molecule has 0 aromatic heterocycles. The highest BCUT2D eigenvalue weighted by Crippen LogP contribution is 2.25. The number of rotatable bonds is 1. The van der Waals surface area contributed by atoms with Gasteiger partial charge in [-0.3, -0.25) is 0 Å². The van der Waals surface area contributed by atoms with Crippen LogP contribution in [-0.2, 0) is 0 Å². The van der Waals surface area contributed by atoms with Crippen molar-refractivity contribution >= 4 is 23.2 Å². The summed E-state index contributed by atoms with van der Waals surface area (Å²) in [4.78, 5) is 0. The van der Waals surface area contributed by atoms with Crippen molar-refractivity contribution in [1.82, 2.24) is 0 Å². The number of halogens is 2. The fraction of sp³-hybridized carbons (Fsp3) is 0.200. The van der Waals surface area contributed by atoms with Crippen molar-refractivity contribution in [2.45, 2.75) is 12.8 Å². The van der Waals surface area contributed by atoms with Crippen molar-refractivity contribution in [3.8, 4) is 12.3 Å². The summed E-state index contributed by atoms with van der Waals surface area (Å²) in [6.45, 7) is 1.94. The first-order valence-electron chi connectivity index (χ1n) is 3.56. The van der Waals surface area contributed by atoms with Crippen LogP contribution in [0.25, 0.3) is 0 Å². The third-order valence-corrected chi connectivity index (χ3v) is 2.43. The minimum atomic E-state index is 0.0831. The Bertz CT molecular complexity index is 323. The van der Waals surface area contributed by atoms with Crippen molar-refractivity contribution in [3.05, 3.63) is 33.8 Å². The number of terminal acetylenes is 1. The van der Waals surface area contributed by atoms with Gasteiger partial charge >= 0.3 is 0 Å². The molecule has 0 amide bonds. The van der Waals surface area contributed by atoms with Gasteiger partial charge in [-0.05, 0) is 24.6 Å². The van der Waals surface area contributed by atoms with Crippen LogP contribution in [0, 0.1) is 12.3 Å². The maximum absolute atomic E-state index is 5.81. The van der Waals surface area contributed by atoms with Gasteiger partial charge < -0.3 is 0 Å². The van der Waals surface area contributed by atoms with Crippen LogP contribution in [0.1, 0.15) is 18.4 Å². The molecule has 12 heavy (non-hydrogen) atoms. The van der Waals surface area contributed by atoms with Gasteiger partial charge in [0.05, 0.1) is 10.0 Å². The third kappa shape index (κ3) is 1.94. The molecule has 0 N–H and O–H groups in total. The summed E-state index contributed by atoms with van der Waals surface area (Å²) >= 11 is 11.6. The van der Waals surface area contributed by atoms with Gasteiger partial charge in [-0.15, -0.1) is 6.42 Å². The molecular weight excluding hydrogens is 191 g/mol. The number of hydrogen-bond donors (Lipinski definition) is 0. The third-order valence-electron chi connectivity index (χ3n) is 1.69. The molecule has 2 heteroatoms. The zero-order valence-corrected chi connectivity index (χ0v) is 8.15. The molecule has 0 fully saturated rings. The predicted octanol–water partition coefficient (Wildman–Crippen LogP) is 3.73. The van der Waals surface area contributed by atoms with E-state index in [2.05, 4.69) is 5.92 Å². The Morgan fingerprint density at radius 2 is 2.00 bits per heavy atom. The average molecular weight is 199 g/mol. The maximum Gasteiger partial charge on any atom is 0.0595 e. The van der Waals surface area contributed by atoms with E-state index in [0.717, 1.165) is 5.56 Å². The highest BCUT2D eigenvalue weighted by atomic mass is 35.5. The van der Waals surface area contributed by atoms with Gasteiger partial charge in [0.15, 0.2) is 0 Å². The molecular formula is C10H8Cl2. The molecule has 0 heterocycles. The van der Waals surface area contributed by atoms with Crippen LogP contribution in [-0.4, -0.2) is 0 Å². The van der Waals surface area contributed by atoms with E-state index in [-0.39, 0.29) is 5.92 Å². The molecule has 0 aliphatic heterocycles. The van der Waals surface area contributed by atoms with Crippen LogP contribution in [0.15, 0.2) is 18.2 Å². The summed E-state index contributed by atoms with van der Waals surface area (Å²) in [5.41, 5.74) is 1.02. The second-order valence-corrected chi connectivity index (χ2v) is 3.38. The molecule has 0 bridgehead atoms. The average Bonchev–Trinajstić information content (AvgIpc) is 2.08. The highest BCUT2D eigenvalue weighted by molar-refractivity contribution is 6.42. The molecule has 1 atom stereocenters. The summed E-state index contributed by atoms with van der Waals surface area (Å²) in [6, 6.07) is 5.44. The standard InChI is InChI=1S/C10H8Cl2/c1-3-7(2)8-4-5-9(11)10(12)6-8/h1,4-7H,2H3/t7-/m1/s1. The van der Waals surface area contributed by atoms with E-state index in [1.54, 1.807) is 12.1 Å². The molecule has 0 aliphatic rings. The molecule has 0 spiro atoms. The predicted molar refractivity (Wildman–Crippen MR) is 53.7 cm³/mol. The first kappa shape index (κ1) is 9.45. The van der Waals surface area contributed by atoms with Crippen LogP contribution >= 0.6 is 23.2 Å². The molecule has 0 radical (unpaired) electrons. The van der Waals surface area contributed by atoms with Crippen LogP contribution in [0.5, 0.6) is 0 Å². The van der Waals surface area contributed by atoms with Crippen molar-refractivity contribution in [1.29, 1.82) is 0 Å². The Labute approximate surface area is 82.5 Å². The Balaban J connectivity index is 3.06. The lowest BCUT2D eigenvalue weighted by atomic mass is 10.0. The van der Waals surface area contributed by atoms with Crippen LogP contribution in [0.2, 0.25) is 10.0 Å². The second-order valence-electron chi connectivity index (χ2n) is 2.56. The summed E-state index contributed by atoms with van der Waals surface area (Å²) in [5.74, 6) is 2.71. The first-order chi connectivity index (χ1) is 5.65. The lowest BCUT2D eigenvalue weighted by Gasteiger charge is -2.04. The van der Waals surface area contributed by atoms with Gasteiger partial charge in [0.2, 0.25) is 0 Å². The minimum Gasteiger partial charge on any atom is -0.119 e. The lowest BCUT2D eigenvalue weighted by Crippen LogP contribution is -1.88. The van der Waals surface area contributed by atoms with Gasteiger partial charge in [0.25, 0.3) is 0 Å². The zero-order chi connectivity index (χ0) is 9.14. The summed E-state index contributed by atoms with van der Waals surface area (Å²) in [6.07, 6.45) is 5.27. The molecule has 62 valence electrons. The SMILES string of the molecule is C#C[C@@H](C)c1ccc(Cl)c(Cl)c1. The monoisotopic (exact) mass is 198 g/mol. The maximum atomic E-state index is 5.81. The smallest absolute Gasteiger partial charge is 0.0595 e. The van der Waals surface area contributed by atoms with Crippen LogP contribution in [0.3, 0.4) is 0 Å². The largest absolute Gasteiger partial charge is 0.119 e. The highest BCUT2D eigenvalue weighted by Gasteiger charge is 2.03. The normalized spacial score (nSPS) is 12.2. The minimum absolute atomic E-state index is 0.0831. The quantitative estimate of drug-likeness (QED) is 0.604. The van der Waals surface area contributed by atoms with Gasteiger partial charge in [-0.2, -0.15) is 0 Å². The molecule has 0 aliphatic carbocycles. The van der Waals surface area contributed by atoms with Crippen molar-refractivity contribution < 1.29 is 0 Å². The van der Waals surface area contributed by atoms with Gasteiger partial charge in [-0.1, -0.05) is 35.2 Å². The first-order valence-corrected chi connectivity index (χ1v) is 4.32. The topological polar surface area (TPSA) is 0 Å². The van der Waals surface area contributed by atoms with E-state index >= 15 is 0 Å². The second kappa shape index (κ2) is 3.85. The van der Waals surface area contributed by atoms with Crippen LogP contribution in [0.4, 0.5) is 0 Å². The molecule has 1 rings (SSSR count). The van der Waals surface area contributed by atoms with E-state index in [0.29, 0.717) is 10.0 Å². The Morgan fingerprint density at radius 1 is 1.33 bits per heavy atom. The molecule has 1 aromatic rings. The fourth-order valence-electron chi connectivity index (χ4n) is 0.878. The van der Waals surface area contributed by atoms with Crippen molar-refractivity contribution in [2.75, 3.05) is 0 Å². The summed E-state index contributed by atoms with van der Waals surface area (Å²) < 4.78 is 0. The van der Waals surface area contributed by atoms with E-state index < -0.39 is 0 Å². The van der Waals surface area contributed by atoms with E-state index in [1.165, 1.54) is 0 Å². The van der Waals surface area contributed by atoms with E-state index in [9.17, 15) is 0 Å². The Morgan fingerprint density at radius 3 is 2.50 bits per heavy atom. The van der Waals surface area contributed by atoms with E-state index in [1.807, 2.05) is 13.0 Å². The number of benzene rings is 1. The molecule has 0 unspecified atom stereocenters. The summed E-state index contributed by atoms with van der Waals surface area (Å²) in [7, 11) is 0. The van der Waals surface area contributed by atoms with Crippen LogP contribution < -0.4 is 0 Å². The van der Waals surface area contributed by atoms with Gasteiger partial charge in [-0.25, -0.2) is 0 Å². The zero-order valence-electron chi connectivity index (χ0n) is 6.64. The Hall–Kier alpha value is -0.640. The molecule has 0 nitrogen and oxygen atoms in total. The Kier molecular flexibility index (Phi) is 3.03. The molecule has 0 saturated carbocycles. The summed E-state index contributed by atoms with van der Waals surface area (Å²) in [5, 5.41) is 1.11. The fourth-order valence-corrected chi connectivity index (χ4v) is 1.18. The number of hydrogen-bond acceptors (Lipinski definition) is 0. The van der Waals surface area contributed by atoms with Gasteiger partial charge in [0.1, 0.15) is 0 Å². The molecule has 0 saturated heterocycles. The van der Waals surface area contributed by atoms with Gasteiger partial charge in [0, 0.05) is 5.92 Å².